The summed E-state index contributed by atoms with van der Waals surface area (Å²) in [5.74, 6) is -1.23. The number of carbonyl (C=O) groups excluding carboxylic acids is 1. The fraction of sp³-hybridized carbons (Fsp3) is 0.250. The Kier molecular flexibility index (Phi) is 9.10. The Bertz CT molecular complexity index is 943. The van der Waals surface area contributed by atoms with E-state index in [1.807, 2.05) is 11.5 Å². The van der Waals surface area contributed by atoms with E-state index < -0.39 is 18.1 Å². The van der Waals surface area contributed by atoms with E-state index in [-0.39, 0.29) is 36.4 Å². The molecule has 11 nitrogen and oxygen atoms in total. The average molecular weight is 474 g/mol. The Morgan fingerprint density at radius 2 is 1.97 bits per heavy atom. The van der Waals surface area contributed by atoms with Gasteiger partial charge in [-0.25, -0.2) is 15.0 Å². The van der Waals surface area contributed by atoms with Crippen molar-refractivity contribution in [2.75, 3.05) is 6.54 Å². The first-order valence-electron chi connectivity index (χ1n) is 8.41. The van der Waals surface area contributed by atoms with E-state index in [1.165, 1.54) is 10.3 Å². The molecule has 30 heavy (non-hydrogen) atoms. The second kappa shape index (κ2) is 11.5. The lowest BCUT2D eigenvalue weighted by Gasteiger charge is -2.14. The Morgan fingerprint density at radius 1 is 1.27 bits per heavy atom. The first kappa shape index (κ1) is 23.7. The van der Waals surface area contributed by atoms with Crippen molar-refractivity contribution in [2.24, 2.45) is 10.7 Å². The van der Waals surface area contributed by atoms with Crippen molar-refractivity contribution in [3.8, 4) is 16.2 Å². The molecule has 0 fully saturated rings. The van der Waals surface area contributed by atoms with Crippen molar-refractivity contribution >= 4 is 50.9 Å². The molecule has 0 saturated carbocycles. The number of carboxylic acids is 1. The number of aliphatic carboxylic acids is 1. The lowest BCUT2D eigenvalue weighted by molar-refractivity contribution is -0.329. The van der Waals surface area contributed by atoms with Crippen LogP contribution in [-0.2, 0) is 4.79 Å². The number of hydrogen-bond donors (Lipinski definition) is 6. The highest BCUT2D eigenvalue weighted by Crippen LogP contribution is 2.30. The summed E-state index contributed by atoms with van der Waals surface area (Å²) in [5.41, 5.74) is 8.16. The largest absolute Gasteiger partial charge is 0.480 e. The predicted molar refractivity (Wildman–Crippen MR) is 113 cm³/mol. The second-order valence-electron chi connectivity index (χ2n) is 5.75. The van der Waals surface area contributed by atoms with Gasteiger partial charge in [-0.05, 0) is 48.7 Å². The SMILES string of the molecule is NC(=NCCCC(NC(=O)Oc1ccc(-c2cc(=S)ss2)cc1)C(=O)O)NN(O)O. The maximum atomic E-state index is 12.0. The number of aliphatic imine (C=N–C) groups is 1. The molecular weight excluding hydrogens is 454 g/mol. The van der Waals surface area contributed by atoms with E-state index in [1.54, 1.807) is 34.6 Å². The zero-order valence-corrected chi connectivity index (χ0v) is 17.8. The zero-order valence-electron chi connectivity index (χ0n) is 15.3. The Balaban J connectivity index is 1.84. The molecule has 1 aromatic heterocycles. The lowest BCUT2D eigenvalue weighted by atomic mass is 10.1. The van der Waals surface area contributed by atoms with Gasteiger partial charge in [-0.2, -0.15) is 0 Å². The topological polar surface area (TPSA) is 170 Å². The first-order chi connectivity index (χ1) is 14.2. The number of nitrogens with zero attached hydrogens (tertiary/aromatic N) is 2. The summed E-state index contributed by atoms with van der Waals surface area (Å²) in [7, 11) is 3.05. The Morgan fingerprint density at radius 3 is 2.53 bits per heavy atom. The number of amides is 1. The molecule has 0 bridgehead atoms. The van der Waals surface area contributed by atoms with Crippen LogP contribution in [0.4, 0.5) is 4.79 Å². The van der Waals surface area contributed by atoms with Gasteiger partial charge >= 0.3 is 12.1 Å². The number of benzene rings is 1. The van der Waals surface area contributed by atoms with Crippen LogP contribution in [0, 0.1) is 3.82 Å². The lowest BCUT2D eigenvalue weighted by Crippen LogP contribution is -2.43. The van der Waals surface area contributed by atoms with Gasteiger partial charge in [0.25, 0.3) is 0 Å². The van der Waals surface area contributed by atoms with Crippen LogP contribution >= 0.6 is 32.9 Å². The van der Waals surface area contributed by atoms with Crippen LogP contribution in [0.15, 0.2) is 35.3 Å². The van der Waals surface area contributed by atoms with Crippen molar-refractivity contribution in [1.82, 2.24) is 16.1 Å². The van der Waals surface area contributed by atoms with E-state index in [2.05, 4.69) is 10.3 Å². The van der Waals surface area contributed by atoms with Crippen molar-refractivity contribution in [3.05, 3.63) is 34.2 Å². The number of rotatable bonds is 9. The molecule has 0 aliphatic heterocycles. The van der Waals surface area contributed by atoms with E-state index in [0.29, 0.717) is 0 Å². The van der Waals surface area contributed by atoms with Gasteiger partial charge in [-0.1, -0.05) is 32.9 Å². The van der Waals surface area contributed by atoms with Gasteiger partial charge in [-0.15, -0.1) is 0 Å². The number of ether oxygens (including phenoxy) is 1. The molecule has 1 unspecified atom stereocenters. The van der Waals surface area contributed by atoms with Gasteiger partial charge in [0.2, 0.25) is 5.96 Å². The highest BCUT2D eigenvalue weighted by atomic mass is 32.9. The number of guanidine groups is 1. The normalized spacial score (nSPS) is 12.4. The molecule has 1 atom stereocenters. The molecule has 14 heteroatoms. The molecular formula is C16H19N5O6S3. The number of carboxylic acid groups (broad SMARTS) is 1. The van der Waals surface area contributed by atoms with Crippen LogP contribution in [-0.4, -0.2) is 51.5 Å². The third-order valence-corrected chi connectivity index (χ3v) is 6.46. The van der Waals surface area contributed by atoms with Gasteiger partial charge in [0.1, 0.15) is 15.6 Å². The molecule has 0 radical (unpaired) electrons. The molecule has 2 rings (SSSR count). The summed E-state index contributed by atoms with van der Waals surface area (Å²) in [6, 6.07) is 7.47. The number of hydrazine groups is 1. The van der Waals surface area contributed by atoms with Gasteiger partial charge in [-0.3, -0.25) is 15.4 Å². The van der Waals surface area contributed by atoms with E-state index >= 15 is 0 Å². The third-order valence-electron chi connectivity index (χ3n) is 3.55. The maximum absolute atomic E-state index is 12.0. The molecule has 0 aliphatic carbocycles. The molecule has 1 amide bonds. The number of carbonyl (C=O) groups is 2. The Hall–Kier alpha value is -2.62. The van der Waals surface area contributed by atoms with Crippen molar-refractivity contribution in [3.63, 3.8) is 0 Å². The Labute approximate surface area is 183 Å². The predicted octanol–water partition coefficient (Wildman–Crippen LogP) is 2.43. The van der Waals surface area contributed by atoms with Gasteiger partial charge in [0.15, 0.2) is 0 Å². The summed E-state index contributed by atoms with van der Waals surface area (Å²) in [5, 5.41) is 28.2. The van der Waals surface area contributed by atoms with Gasteiger partial charge in [0, 0.05) is 16.8 Å². The zero-order chi connectivity index (χ0) is 22.1. The van der Waals surface area contributed by atoms with Crippen molar-refractivity contribution in [2.45, 2.75) is 18.9 Å². The fourth-order valence-electron chi connectivity index (χ4n) is 2.23. The molecule has 1 heterocycles. The minimum absolute atomic E-state index is 0.0606. The summed E-state index contributed by atoms with van der Waals surface area (Å²) in [6.07, 6.45) is -0.578. The summed E-state index contributed by atoms with van der Waals surface area (Å²) in [4.78, 5) is 28.1. The van der Waals surface area contributed by atoms with E-state index in [0.717, 1.165) is 14.3 Å². The molecule has 1 aromatic carbocycles. The summed E-state index contributed by atoms with van der Waals surface area (Å²) >= 11 is 5.11. The van der Waals surface area contributed by atoms with E-state index in [9.17, 15) is 14.7 Å². The molecule has 162 valence electrons. The van der Waals surface area contributed by atoms with Crippen LogP contribution in [0.3, 0.4) is 0 Å². The quantitative estimate of drug-likeness (QED) is 0.0794. The standard InChI is InChI=1S/C16H19N5O6S3/c17-15(20-21(25)26)18-7-1-2-11(14(22)23)19-16(24)27-10-5-3-9(4-6-10)12-8-13(28)30-29-12/h3-6,8,11,25-26H,1-2,7H2,(H,19,24)(H,22,23)(H3,17,18,20). The summed E-state index contributed by atoms with van der Waals surface area (Å²) < 4.78 is 5.93. The van der Waals surface area contributed by atoms with Gasteiger partial charge < -0.3 is 20.9 Å². The van der Waals surface area contributed by atoms with Gasteiger partial charge in [0.05, 0.1) is 0 Å². The number of hydrogen-bond acceptors (Lipinski definition) is 10. The highest BCUT2D eigenvalue weighted by molar-refractivity contribution is 7.80. The third kappa shape index (κ3) is 8.02. The molecule has 0 saturated heterocycles. The van der Waals surface area contributed by atoms with E-state index in [4.69, 9.17) is 33.1 Å². The summed E-state index contributed by atoms with van der Waals surface area (Å²) in [6.45, 7) is 0.101. The number of nitrogens with one attached hydrogen (secondary N) is 2. The molecule has 0 spiro atoms. The minimum Gasteiger partial charge on any atom is -0.480 e. The average Bonchev–Trinajstić information content (AvgIpc) is 3.10. The monoisotopic (exact) mass is 473 g/mol. The van der Waals surface area contributed by atoms with Crippen LogP contribution in [0.2, 0.25) is 0 Å². The number of nitrogens with two attached hydrogens (primary N) is 1. The smallest absolute Gasteiger partial charge is 0.413 e. The van der Waals surface area contributed by atoms with Crippen LogP contribution in [0.25, 0.3) is 10.4 Å². The molecule has 0 aliphatic rings. The van der Waals surface area contributed by atoms with Crippen LogP contribution < -0.4 is 21.2 Å². The minimum atomic E-state index is -1.23. The molecule has 7 N–H and O–H groups in total. The van der Waals surface area contributed by atoms with Crippen molar-refractivity contribution < 1.29 is 29.8 Å². The first-order valence-corrected chi connectivity index (χ1v) is 11.0. The van der Waals surface area contributed by atoms with Crippen LogP contribution in [0.5, 0.6) is 5.75 Å². The fourth-order valence-corrected chi connectivity index (χ4v) is 4.63. The van der Waals surface area contributed by atoms with Crippen molar-refractivity contribution in [1.29, 1.82) is 0 Å². The maximum Gasteiger partial charge on any atom is 0.413 e. The second-order valence-corrected chi connectivity index (χ2v) is 8.67. The molecule has 2 aromatic rings. The van der Waals surface area contributed by atoms with Crippen LogP contribution in [0.1, 0.15) is 12.8 Å². The highest BCUT2D eigenvalue weighted by Gasteiger charge is 2.20.